The first-order chi connectivity index (χ1) is 13.9. The van der Waals surface area contributed by atoms with Crippen LogP contribution in [0.15, 0.2) is 42.5 Å². The van der Waals surface area contributed by atoms with Crippen molar-refractivity contribution < 1.29 is 13.9 Å². The second kappa shape index (κ2) is 8.83. The number of hydrogen-bond acceptors (Lipinski definition) is 5. The van der Waals surface area contributed by atoms with E-state index in [1.54, 1.807) is 24.3 Å². The Bertz CT molecular complexity index is 970. The zero-order valence-electron chi connectivity index (χ0n) is 15.8. The van der Waals surface area contributed by atoms with Crippen molar-refractivity contribution in [2.24, 2.45) is 5.73 Å². The van der Waals surface area contributed by atoms with Crippen molar-refractivity contribution in [3.8, 4) is 23.3 Å². The van der Waals surface area contributed by atoms with Gasteiger partial charge in [-0.05, 0) is 47.7 Å². The molecule has 2 aromatic carbocycles. The third-order valence-electron chi connectivity index (χ3n) is 5.13. The molecule has 2 aromatic rings. The van der Waals surface area contributed by atoms with E-state index in [-0.39, 0.29) is 18.1 Å². The van der Waals surface area contributed by atoms with Crippen molar-refractivity contribution in [2.45, 2.75) is 30.8 Å². The van der Waals surface area contributed by atoms with Gasteiger partial charge in [0.05, 0.1) is 23.2 Å². The lowest BCUT2D eigenvalue weighted by Gasteiger charge is -2.32. The van der Waals surface area contributed by atoms with Crippen LogP contribution >= 0.6 is 0 Å². The number of rotatable bonds is 5. The van der Waals surface area contributed by atoms with E-state index in [9.17, 15) is 19.7 Å². The Kier molecular flexibility index (Phi) is 6.23. The zero-order valence-corrected chi connectivity index (χ0v) is 15.8. The number of nitriles is 2. The molecule has 1 aliphatic rings. The number of nitrogens with zero attached hydrogens (tertiary/aromatic N) is 2. The van der Waals surface area contributed by atoms with Crippen LogP contribution in [0.25, 0.3) is 11.1 Å². The molecule has 0 aromatic heterocycles. The van der Waals surface area contributed by atoms with Crippen LogP contribution in [-0.2, 0) is 16.0 Å². The van der Waals surface area contributed by atoms with Crippen LogP contribution in [0.1, 0.15) is 24.0 Å². The summed E-state index contributed by atoms with van der Waals surface area (Å²) < 4.78 is 18.4. The van der Waals surface area contributed by atoms with E-state index in [2.05, 4.69) is 17.5 Å². The first kappa shape index (κ1) is 20.5. The molecule has 148 valence electrons. The summed E-state index contributed by atoms with van der Waals surface area (Å²) in [5.41, 5.74) is 7.72. The molecule has 1 saturated heterocycles. The average molecular weight is 392 g/mol. The molecule has 29 heavy (non-hydrogen) atoms. The monoisotopic (exact) mass is 392 g/mol. The molecule has 0 radical (unpaired) electrons. The van der Waals surface area contributed by atoms with E-state index in [1.165, 1.54) is 12.1 Å². The van der Waals surface area contributed by atoms with Gasteiger partial charge in [0.15, 0.2) is 0 Å². The van der Waals surface area contributed by atoms with Gasteiger partial charge in [0.2, 0.25) is 5.91 Å². The quantitative estimate of drug-likeness (QED) is 0.812. The van der Waals surface area contributed by atoms with Crippen molar-refractivity contribution in [1.82, 2.24) is 5.32 Å². The molecule has 0 spiro atoms. The van der Waals surface area contributed by atoms with Crippen LogP contribution in [0, 0.1) is 28.5 Å². The molecule has 7 heteroatoms. The summed E-state index contributed by atoms with van der Waals surface area (Å²) in [5.74, 6) is -0.713. The van der Waals surface area contributed by atoms with Crippen molar-refractivity contribution in [1.29, 1.82) is 10.5 Å². The third kappa shape index (κ3) is 4.78. The van der Waals surface area contributed by atoms with Gasteiger partial charge in [-0.1, -0.05) is 24.3 Å². The van der Waals surface area contributed by atoms with Gasteiger partial charge in [0.1, 0.15) is 11.9 Å². The van der Waals surface area contributed by atoms with Crippen LogP contribution in [0.2, 0.25) is 0 Å². The van der Waals surface area contributed by atoms with E-state index in [4.69, 9.17) is 10.5 Å². The molecule has 0 saturated carbocycles. The number of nitrogens with two attached hydrogens (primary N) is 1. The number of halogens is 1. The highest BCUT2D eigenvalue weighted by Crippen LogP contribution is 2.24. The smallest absolute Gasteiger partial charge is 0.241 e. The minimum absolute atomic E-state index is 0.182. The Labute approximate surface area is 168 Å². The van der Waals surface area contributed by atoms with Gasteiger partial charge in [-0.3, -0.25) is 4.79 Å². The Morgan fingerprint density at radius 2 is 1.83 bits per heavy atom. The molecule has 1 atom stereocenters. The molecule has 3 rings (SSSR count). The molecule has 1 heterocycles. The molecular weight excluding hydrogens is 371 g/mol. The number of nitrogens with one attached hydrogen (secondary N) is 1. The van der Waals surface area contributed by atoms with Gasteiger partial charge in [0, 0.05) is 19.6 Å². The second-order valence-corrected chi connectivity index (χ2v) is 7.12. The van der Waals surface area contributed by atoms with Crippen LogP contribution in [-0.4, -0.2) is 30.7 Å². The SMILES string of the molecule is N#Cc1cc(-c2ccc(F)cc2)ccc1CC(C#N)NC(=O)C1(N)CCOCC1. The summed E-state index contributed by atoms with van der Waals surface area (Å²) in [6.45, 7) is 0.815. The first-order valence-corrected chi connectivity index (χ1v) is 9.31. The lowest BCUT2D eigenvalue weighted by atomic mass is 9.89. The fourth-order valence-electron chi connectivity index (χ4n) is 3.29. The highest BCUT2D eigenvalue weighted by Gasteiger charge is 2.36. The Balaban J connectivity index is 1.75. The molecule has 1 unspecified atom stereocenters. The van der Waals surface area contributed by atoms with E-state index >= 15 is 0 Å². The molecule has 1 amide bonds. The lowest BCUT2D eigenvalue weighted by molar-refractivity contribution is -0.130. The fourth-order valence-corrected chi connectivity index (χ4v) is 3.29. The summed E-state index contributed by atoms with van der Waals surface area (Å²) in [7, 11) is 0. The van der Waals surface area contributed by atoms with E-state index in [1.807, 2.05) is 6.07 Å². The minimum Gasteiger partial charge on any atom is -0.381 e. The predicted octanol–water partition coefficient (Wildman–Crippen LogP) is 2.42. The normalized spacial score (nSPS) is 16.3. The number of amides is 1. The predicted molar refractivity (Wildman–Crippen MR) is 105 cm³/mol. The molecule has 1 aliphatic heterocycles. The average Bonchev–Trinajstić information content (AvgIpc) is 2.74. The number of carbonyl (C=O) groups is 1. The number of ether oxygens (including phenoxy) is 1. The standard InChI is InChI=1S/C22H21FN4O2/c23-19-5-3-15(4-6-19)16-1-2-17(18(11-16)13-24)12-20(14-25)27-21(28)22(26)7-9-29-10-8-22/h1-6,11,20H,7-10,12,26H2,(H,27,28). The summed E-state index contributed by atoms with van der Waals surface area (Å²) >= 11 is 0. The summed E-state index contributed by atoms with van der Waals surface area (Å²) in [4.78, 5) is 12.6. The van der Waals surface area contributed by atoms with E-state index in [0.29, 0.717) is 37.2 Å². The zero-order chi connectivity index (χ0) is 20.9. The van der Waals surface area contributed by atoms with Gasteiger partial charge >= 0.3 is 0 Å². The summed E-state index contributed by atoms with van der Waals surface area (Å²) in [6.07, 6.45) is 0.973. The Morgan fingerprint density at radius 3 is 2.45 bits per heavy atom. The van der Waals surface area contributed by atoms with E-state index < -0.39 is 11.6 Å². The molecule has 3 N–H and O–H groups in total. The fraction of sp³-hybridized carbons (Fsp3) is 0.318. The first-order valence-electron chi connectivity index (χ1n) is 9.31. The summed E-state index contributed by atoms with van der Waals surface area (Å²) in [5, 5.41) is 21.7. The number of carbonyl (C=O) groups excluding carboxylic acids is 1. The van der Waals surface area contributed by atoms with E-state index in [0.717, 1.165) is 11.1 Å². The van der Waals surface area contributed by atoms with Gasteiger partial charge in [0.25, 0.3) is 0 Å². The topological polar surface area (TPSA) is 112 Å². The number of hydrogen-bond donors (Lipinski definition) is 2. The molecular formula is C22H21FN4O2. The van der Waals surface area contributed by atoms with Gasteiger partial charge < -0.3 is 15.8 Å². The third-order valence-corrected chi connectivity index (χ3v) is 5.13. The van der Waals surface area contributed by atoms with Crippen molar-refractivity contribution >= 4 is 5.91 Å². The molecule has 0 aliphatic carbocycles. The largest absolute Gasteiger partial charge is 0.381 e. The van der Waals surface area contributed by atoms with Crippen LogP contribution in [0.3, 0.4) is 0 Å². The van der Waals surface area contributed by atoms with Crippen molar-refractivity contribution in [2.75, 3.05) is 13.2 Å². The molecule has 0 bridgehead atoms. The summed E-state index contributed by atoms with van der Waals surface area (Å²) in [6, 6.07) is 14.6. The van der Waals surface area contributed by atoms with Crippen molar-refractivity contribution in [3.63, 3.8) is 0 Å². The van der Waals surface area contributed by atoms with Gasteiger partial charge in [-0.2, -0.15) is 10.5 Å². The van der Waals surface area contributed by atoms with Gasteiger partial charge in [-0.25, -0.2) is 4.39 Å². The maximum absolute atomic E-state index is 13.1. The maximum Gasteiger partial charge on any atom is 0.241 e. The minimum atomic E-state index is -1.04. The molecule has 1 fully saturated rings. The lowest BCUT2D eigenvalue weighted by Crippen LogP contribution is -2.58. The Hall–Kier alpha value is -3.26. The molecule has 6 nitrogen and oxygen atoms in total. The number of benzene rings is 2. The highest BCUT2D eigenvalue weighted by molar-refractivity contribution is 5.86. The van der Waals surface area contributed by atoms with Gasteiger partial charge in [-0.15, -0.1) is 0 Å². The van der Waals surface area contributed by atoms with Crippen LogP contribution < -0.4 is 11.1 Å². The second-order valence-electron chi connectivity index (χ2n) is 7.12. The highest BCUT2D eigenvalue weighted by atomic mass is 19.1. The Morgan fingerprint density at radius 1 is 1.17 bits per heavy atom. The van der Waals surface area contributed by atoms with Crippen molar-refractivity contribution in [3.05, 3.63) is 59.4 Å². The van der Waals surface area contributed by atoms with Crippen LogP contribution in [0.4, 0.5) is 4.39 Å². The van der Waals surface area contributed by atoms with Crippen LogP contribution in [0.5, 0.6) is 0 Å². The maximum atomic E-state index is 13.1.